The summed E-state index contributed by atoms with van der Waals surface area (Å²) < 4.78 is 7.13. The third kappa shape index (κ3) is 5.44. The number of rotatable bonds is 8. The number of carboxylic acids is 1. The van der Waals surface area contributed by atoms with Crippen molar-refractivity contribution in [1.29, 1.82) is 0 Å². The van der Waals surface area contributed by atoms with Crippen LogP contribution in [0, 0.1) is 0 Å². The number of carbonyl (C=O) groups excluding carboxylic acids is 3. The van der Waals surface area contributed by atoms with Crippen LogP contribution in [0.25, 0.3) is 11.8 Å². The average molecular weight is 492 g/mol. The Bertz CT molecular complexity index is 1310. The highest BCUT2D eigenvalue weighted by Crippen LogP contribution is 2.32. The Balaban J connectivity index is 1.45. The van der Waals surface area contributed by atoms with Crippen molar-refractivity contribution in [2.24, 2.45) is 0 Å². The second-order valence-electron chi connectivity index (χ2n) is 7.43. The van der Waals surface area contributed by atoms with Gasteiger partial charge in [0, 0.05) is 23.3 Å². The van der Waals surface area contributed by atoms with Gasteiger partial charge in [-0.05, 0) is 85.4 Å². The molecule has 1 fully saturated rings. The summed E-state index contributed by atoms with van der Waals surface area (Å²) in [4.78, 5) is 49.9. The second kappa shape index (κ2) is 10.3. The molecule has 0 spiro atoms. The summed E-state index contributed by atoms with van der Waals surface area (Å²) in [5, 5.41) is 11.2. The SMILES string of the molecule is CCOc1ccc(NC(=O)CN2C(=O)S/C(=C\c3cccn3-c3ccc(C(=O)O)cc3)C2=O)cc1. The summed E-state index contributed by atoms with van der Waals surface area (Å²) in [5.74, 6) is -1.41. The van der Waals surface area contributed by atoms with Gasteiger partial charge in [-0.25, -0.2) is 4.79 Å². The molecule has 3 aromatic rings. The Kier molecular flexibility index (Phi) is 7.02. The molecule has 9 nitrogen and oxygen atoms in total. The summed E-state index contributed by atoms with van der Waals surface area (Å²) in [7, 11) is 0. The first-order valence-electron chi connectivity index (χ1n) is 10.6. The fraction of sp³-hybridized carbons (Fsp3) is 0.120. The minimum atomic E-state index is -1.02. The van der Waals surface area contributed by atoms with E-state index in [4.69, 9.17) is 9.84 Å². The molecule has 0 bridgehead atoms. The molecule has 2 heterocycles. The van der Waals surface area contributed by atoms with E-state index in [1.807, 2.05) is 6.92 Å². The maximum absolute atomic E-state index is 12.9. The first-order valence-corrected chi connectivity index (χ1v) is 11.5. The van der Waals surface area contributed by atoms with E-state index in [9.17, 15) is 19.2 Å². The van der Waals surface area contributed by atoms with E-state index in [1.165, 1.54) is 12.1 Å². The van der Waals surface area contributed by atoms with Crippen LogP contribution < -0.4 is 10.1 Å². The Labute approximate surface area is 205 Å². The predicted octanol–water partition coefficient (Wildman–Crippen LogP) is 4.25. The zero-order chi connectivity index (χ0) is 24.9. The molecule has 2 N–H and O–H groups in total. The number of carbonyl (C=O) groups is 4. The molecule has 0 saturated carbocycles. The van der Waals surface area contributed by atoms with Crippen molar-refractivity contribution >= 4 is 46.5 Å². The van der Waals surface area contributed by atoms with Crippen molar-refractivity contribution in [2.45, 2.75) is 6.92 Å². The standard InChI is InChI=1S/C25H21N3O6S/c1-2-34-20-11-7-17(8-12-20)26-22(29)15-28-23(30)21(35-25(28)33)14-19-4-3-13-27(19)18-9-5-16(6-10-18)24(31)32/h3-14H,2,15H2,1H3,(H,26,29)(H,31,32)/b21-14-. The number of aromatic carboxylic acids is 1. The molecular formula is C25H21N3O6S. The first kappa shape index (κ1) is 23.8. The number of imide groups is 1. The van der Waals surface area contributed by atoms with Gasteiger partial charge in [-0.2, -0.15) is 0 Å². The minimum absolute atomic E-state index is 0.159. The van der Waals surface area contributed by atoms with Crippen LogP contribution in [-0.2, 0) is 9.59 Å². The number of thioether (sulfide) groups is 1. The maximum atomic E-state index is 12.9. The Morgan fingerprint density at radius 1 is 1.06 bits per heavy atom. The maximum Gasteiger partial charge on any atom is 0.335 e. The molecule has 0 aliphatic carbocycles. The normalized spacial score (nSPS) is 14.4. The largest absolute Gasteiger partial charge is 0.494 e. The van der Waals surface area contributed by atoms with E-state index in [0.29, 0.717) is 29.4 Å². The van der Waals surface area contributed by atoms with Gasteiger partial charge >= 0.3 is 5.97 Å². The molecule has 35 heavy (non-hydrogen) atoms. The predicted molar refractivity (Wildman–Crippen MR) is 132 cm³/mol. The van der Waals surface area contributed by atoms with Crippen molar-refractivity contribution in [3.63, 3.8) is 0 Å². The van der Waals surface area contributed by atoms with Gasteiger partial charge in [-0.15, -0.1) is 0 Å². The topological polar surface area (TPSA) is 118 Å². The lowest BCUT2D eigenvalue weighted by molar-refractivity contribution is -0.127. The highest BCUT2D eigenvalue weighted by atomic mass is 32.2. The first-order chi connectivity index (χ1) is 16.9. The van der Waals surface area contributed by atoms with Gasteiger partial charge in [0.05, 0.1) is 17.1 Å². The summed E-state index contributed by atoms with van der Waals surface area (Å²) in [6, 6.07) is 16.6. The van der Waals surface area contributed by atoms with Crippen LogP contribution in [-0.4, -0.2) is 50.7 Å². The van der Waals surface area contributed by atoms with Crippen LogP contribution in [0.15, 0.2) is 71.8 Å². The number of amides is 3. The molecule has 178 valence electrons. The molecule has 0 atom stereocenters. The molecule has 10 heteroatoms. The van der Waals surface area contributed by atoms with Crippen molar-refractivity contribution in [3.05, 3.63) is 83.0 Å². The molecule has 0 radical (unpaired) electrons. The highest BCUT2D eigenvalue weighted by Gasteiger charge is 2.36. The molecule has 1 saturated heterocycles. The minimum Gasteiger partial charge on any atom is -0.494 e. The second-order valence-corrected chi connectivity index (χ2v) is 8.42. The van der Waals surface area contributed by atoms with Gasteiger partial charge < -0.3 is 19.7 Å². The Hall–Kier alpha value is -4.31. The quantitative estimate of drug-likeness (QED) is 0.452. The zero-order valence-corrected chi connectivity index (χ0v) is 19.5. The Morgan fingerprint density at radius 2 is 1.77 bits per heavy atom. The smallest absolute Gasteiger partial charge is 0.335 e. The van der Waals surface area contributed by atoms with Gasteiger partial charge in [0.1, 0.15) is 12.3 Å². The number of hydrogen-bond acceptors (Lipinski definition) is 6. The monoisotopic (exact) mass is 491 g/mol. The van der Waals surface area contributed by atoms with Gasteiger partial charge in [0.15, 0.2) is 0 Å². The number of hydrogen-bond donors (Lipinski definition) is 2. The third-order valence-corrected chi connectivity index (χ3v) is 5.98. The van der Waals surface area contributed by atoms with E-state index >= 15 is 0 Å². The van der Waals surface area contributed by atoms with E-state index in [0.717, 1.165) is 16.7 Å². The van der Waals surface area contributed by atoms with Crippen molar-refractivity contribution in [3.8, 4) is 11.4 Å². The third-order valence-electron chi connectivity index (χ3n) is 5.08. The lowest BCUT2D eigenvalue weighted by Gasteiger charge is -2.13. The van der Waals surface area contributed by atoms with Crippen LogP contribution in [0.3, 0.4) is 0 Å². The van der Waals surface area contributed by atoms with Gasteiger partial charge in [-0.3, -0.25) is 19.3 Å². The van der Waals surface area contributed by atoms with Gasteiger partial charge in [0.2, 0.25) is 5.91 Å². The van der Waals surface area contributed by atoms with E-state index in [2.05, 4.69) is 5.32 Å². The summed E-state index contributed by atoms with van der Waals surface area (Å²) in [5.41, 5.74) is 2.00. The van der Waals surface area contributed by atoms with Crippen LogP contribution in [0.2, 0.25) is 0 Å². The number of nitrogens with one attached hydrogen (secondary N) is 1. The van der Waals surface area contributed by atoms with E-state index in [1.54, 1.807) is 65.4 Å². The number of ether oxygens (including phenoxy) is 1. The summed E-state index contributed by atoms with van der Waals surface area (Å²) >= 11 is 0.757. The van der Waals surface area contributed by atoms with Crippen LogP contribution in [0.5, 0.6) is 5.75 Å². The number of carboxylic acid groups (broad SMARTS) is 1. The van der Waals surface area contributed by atoms with Crippen LogP contribution in [0.1, 0.15) is 23.0 Å². The van der Waals surface area contributed by atoms with Crippen LogP contribution >= 0.6 is 11.8 Å². The van der Waals surface area contributed by atoms with E-state index < -0.39 is 29.6 Å². The molecule has 4 rings (SSSR count). The lowest BCUT2D eigenvalue weighted by atomic mass is 10.2. The average Bonchev–Trinajstić information content (AvgIpc) is 3.40. The molecule has 1 aliphatic rings. The molecule has 1 aliphatic heterocycles. The fourth-order valence-electron chi connectivity index (χ4n) is 3.43. The number of benzene rings is 2. The van der Waals surface area contributed by atoms with E-state index in [-0.39, 0.29) is 10.5 Å². The number of aromatic nitrogens is 1. The Morgan fingerprint density at radius 3 is 2.43 bits per heavy atom. The van der Waals surface area contributed by atoms with Crippen molar-refractivity contribution in [2.75, 3.05) is 18.5 Å². The van der Waals surface area contributed by atoms with Crippen molar-refractivity contribution in [1.82, 2.24) is 9.47 Å². The number of nitrogens with zero attached hydrogens (tertiary/aromatic N) is 2. The van der Waals surface area contributed by atoms with Crippen molar-refractivity contribution < 1.29 is 29.0 Å². The summed E-state index contributed by atoms with van der Waals surface area (Å²) in [6.45, 7) is 1.99. The molecule has 0 unspecified atom stereocenters. The molecule has 2 aromatic carbocycles. The molecule has 1 aromatic heterocycles. The zero-order valence-electron chi connectivity index (χ0n) is 18.6. The fourth-order valence-corrected chi connectivity index (χ4v) is 4.25. The lowest BCUT2D eigenvalue weighted by Crippen LogP contribution is -2.36. The highest BCUT2D eigenvalue weighted by molar-refractivity contribution is 8.18. The molecule has 3 amide bonds. The molecular weight excluding hydrogens is 470 g/mol. The van der Waals surface area contributed by atoms with Gasteiger partial charge in [-0.1, -0.05) is 0 Å². The summed E-state index contributed by atoms with van der Waals surface area (Å²) in [6.07, 6.45) is 3.33. The van der Waals surface area contributed by atoms with Gasteiger partial charge in [0.25, 0.3) is 11.1 Å². The number of anilines is 1. The van der Waals surface area contributed by atoms with Crippen LogP contribution in [0.4, 0.5) is 10.5 Å².